The lowest BCUT2D eigenvalue weighted by Gasteiger charge is -2.29. The Morgan fingerprint density at radius 3 is 3.16 bits per heavy atom. The minimum absolute atomic E-state index is 0.0456. The summed E-state index contributed by atoms with van der Waals surface area (Å²) < 4.78 is 7.62. The van der Waals surface area contributed by atoms with Crippen molar-refractivity contribution >= 4 is 0 Å². The molecule has 2 aliphatic heterocycles. The largest absolute Gasteiger partial charge is 0.374 e. The van der Waals surface area contributed by atoms with Crippen molar-refractivity contribution in [3.63, 3.8) is 0 Å². The summed E-state index contributed by atoms with van der Waals surface area (Å²) in [6, 6.07) is 0. The van der Waals surface area contributed by atoms with E-state index in [1.54, 1.807) is 0 Å². The average Bonchev–Trinajstić information content (AvgIpc) is 3.00. The van der Waals surface area contributed by atoms with Crippen LogP contribution in [-0.4, -0.2) is 59.3 Å². The van der Waals surface area contributed by atoms with Crippen LogP contribution in [0.15, 0.2) is 6.20 Å². The van der Waals surface area contributed by atoms with Gasteiger partial charge in [0.05, 0.1) is 31.0 Å². The third-order valence-electron chi connectivity index (χ3n) is 4.49. The van der Waals surface area contributed by atoms with Gasteiger partial charge in [-0.2, -0.15) is 0 Å². The number of nitrogens with zero attached hydrogens (tertiary/aromatic N) is 4. The summed E-state index contributed by atoms with van der Waals surface area (Å²) in [6.45, 7) is 6.80. The third kappa shape index (κ3) is 2.52. The molecule has 2 saturated heterocycles. The Kier molecular flexibility index (Phi) is 3.56. The molecule has 0 bridgehead atoms. The monoisotopic (exact) mass is 265 g/mol. The smallest absolute Gasteiger partial charge is 0.103 e. The summed E-state index contributed by atoms with van der Waals surface area (Å²) >= 11 is 0. The molecular weight excluding hydrogens is 242 g/mol. The SMILES string of the molecule is CN1CCC[C@]1(C)c1cn(CC2CNCCO2)nn1. The van der Waals surface area contributed by atoms with E-state index >= 15 is 0 Å². The van der Waals surface area contributed by atoms with Crippen LogP contribution in [0.1, 0.15) is 25.5 Å². The third-order valence-corrected chi connectivity index (χ3v) is 4.49. The zero-order chi connectivity index (χ0) is 13.3. The molecule has 1 unspecified atom stereocenters. The quantitative estimate of drug-likeness (QED) is 0.846. The highest BCUT2D eigenvalue weighted by Gasteiger charge is 2.38. The van der Waals surface area contributed by atoms with Crippen molar-refractivity contribution in [1.82, 2.24) is 25.2 Å². The van der Waals surface area contributed by atoms with Crippen molar-refractivity contribution in [3.05, 3.63) is 11.9 Å². The van der Waals surface area contributed by atoms with Crippen LogP contribution in [0.25, 0.3) is 0 Å². The molecule has 0 radical (unpaired) electrons. The molecule has 19 heavy (non-hydrogen) atoms. The van der Waals surface area contributed by atoms with Gasteiger partial charge in [-0.05, 0) is 33.4 Å². The number of ether oxygens (including phenoxy) is 1. The number of nitrogens with one attached hydrogen (secondary N) is 1. The first-order valence-electron chi connectivity index (χ1n) is 7.13. The second-order valence-electron chi connectivity index (χ2n) is 5.82. The average molecular weight is 265 g/mol. The second kappa shape index (κ2) is 5.19. The fraction of sp³-hybridized carbons (Fsp3) is 0.846. The molecule has 1 aromatic heterocycles. The Bertz CT molecular complexity index is 428. The normalized spacial score (nSPS) is 32.8. The molecule has 1 N–H and O–H groups in total. The maximum absolute atomic E-state index is 5.70. The molecule has 3 heterocycles. The Balaban J connectivity index is 1.69. The van der Waals surface area contributed by atoms with Gasteiger partial charge in [-0.3, -0.25) is 4.90 Å². The molecule has 0 spiro atoms. The molecule has 2 aliphatic rings. The lowest BCUT2D eigenvalue weighted by Crippen LogP contribution is -2.40. The van der Waals surface area contributed by atoms with Crippen LogP contribution < -0.4 is 5.32 Å². The van der Waals surface area contributed by atoms with Gasteiger partial charge in [0.15, 0.2) is 0 Å². The van der Waals surface area contributed by atoms with Gasteiger partial charge in [0.2, 0.25) is 0 Å². The molecule has 6 heteroatoms. The highest BCUT2D eigenvalue weighted by molar-refractivity contribution is 5.11. The second-order valence-corrected chi connectivity index (χ2v) is 5.82. The summed E-state index contributed by atoms with van der Waals surface area (Å²) in [7, 11) is 2.17. The molecular formula is C13H23N5O. The Labute approximate surface area is 114 Å². The number of hydrogen-bond donors (Lipinski definition) is 1. The van der Waals surface area contributed by atoms with Crippen LogP contribution in [0.2, 0.25) is 0 Å². The fourth-order valence-electron chi connectivity index (χ4n) is 3.00. The van der Waals surface area contributed by atoms with E-state index < -0.39 is 0 Å². The standard InChI is InChI=1S/C13H23N5O/c1-13(4-3-6-17(13)2)12-10-18(16-15-12)9-11-8-14-5-7-19-11/h10-11,14H,3-9H2,1-2H3/t11?,13-/m1/s1. The number of likely N-dealkylation sites (tertiary alicyclic amines) is 1. The van der Waals surface area contributed by atoms with Crippen molar-refractivity contribution in [2.45, 2.75) is 38.0 Å². The van der Waals surface area contributed by atoms with E-state index in [0.29, 0.717) is 0 Å². The molecule has 106 valence electrons. The van der Waals surface area contributed by atoms with Crippen molar-refractivity contribution in [1.29, 1.82) is 0 Å². The highest BCUT2D eigenvalue weighted by atomic mass is 16.5. The predicted molar refractivity (Wildman–Crippen MR) is 71.8 cm³/mol. The van der Waals surface area contributed by atoms with Crippen LogP contribution in [0.3, 0.4) is 0 Å². The fourth-order valence-corrected chi connectivity index (χ4v) is 3.00. The minimum Gasteiger partial charge on any atom is -0.374 e. The van der Waals surface area contributed by atoms with Crippen LogP contribution in [-0.2, 0) is 16.8 Å². The molecule has 0 saturated carbocycles. The van der Waals surface area contributed by atoms with E-state index in [2.05, 4.69) is 40.7 Å². The minimum atomic E-state index is 0.0456. The van der Waals surface area contributed by atoms with Crippen LogP contribution in [0.5, 0.6) is 0 Å². The van der Waals surface area contributed by atoms with E-state index in [-0.39, 0.29) is 11.6 Å². The summed E-state index contributed by atoms with van der Waals surface area (Å²) in [5.74, 6) is 0. The maximum Gasteiger partial charge on any atom is 0.103 e. The number of morpholine rings is 1. The van der Waals surface area contributed by atoms with E-state index in [1.807, 2.05) is 4.68 Å². The number of aromatic nitrogens is 3. The Hall–Kier alpha value is -0.980. The zero-order valence-electron chi connectivity index (χ0n) is 11.8. The molecule has 3 rings (SSSR count). The molecule has 0 amide bonds. The maximum atomic E-state index is 5.70. The molecule has 2 atom stereocenters. The van der Waals surface area contributed by atoms with Crippen LogP contribution in [0, 0.1) is 0 Å². The Morgan fingerprint density at radius 2 is 2.47 bits per heavy atom. The van der Waals surface area contributed by atoms with Gasteiger partial charge in [0, 0.05) is 13.1 Å². The topological polar surface area (TPSA) is 55.2 Å². The molecule has 6 nitrogen and oxygen atoms in total. The van der Waals surface area contributed by atoms with Crippen molar-refractivity contribution in [2.24, 2.45) is 0 Å². The number of hydrogen-bond acceptors (Lipinski definition) is 5. The summed E-state index contributed by atoms with van der Waals surface area (Å²) in [4.78, 5) is 2.38. The first-order valence-corrected chi connectivity index (χ1v) is 7.13. The van der Waals surface area contributed by atoms with E-state index in [4.69, 9.17) is 4.74 Å². The van der Waals surface area contributed by atoms with Gasteiger partial charge < -0.3 is 10.1 Å². The van der Waals surface area contributed by atoms with E-state index in [9.17, 15) is 0 Å². The first kappa shape index (κ1) is 13.0. The summed E-state index contributed by atoms with van der Waals surface area (Å²) in [5.41, 5.74) is 1.13. The van der Waals surface area contributed by atoms with Crippen LogP contribution >= 0.6 is 0 Å². The van der Waals surface area contributed by atoms with Gasteiger partial charge in [0.25, 0.3) is 0 Å². The molecule has 2 fully saturated rings. The van der Waals surface area contributed by atoms with Crippen LogP contribution in [0.4, 0.5) is 0 Å². The van der Waals surface area contributed by atoms with Gasteiger partial charge in [-0.25, -0.2) is 4.68 Å². The molecule has 0 aromatic carbocycles. The highest BCUT2D eigenvalue weighted by Crippen LogP contribution is 2.35. The molecule has 0 aliphatic carbocycles. The number of rotatable bonds is 3. The summed E-state index contributed by atoms with van der Waals surface area (Å²) in [5, 5.41) is 12.0. The predicted octanol–water partition coefficient (Wildman–Crippen LogP) is 0.207. The lowest BCUT2D eigenvalue weighted by molar-refractivity contribution is 0.0158. The van der Waals surface area contributed by atoms with E-state index in [1.165, 1.54) is 6.42 Å². The van der Waals surface area contributed by atoms with Gasteiger partial charge >= 0.3 is 0 Å². The zero-order valence-corrected chi connectivity index (χ0v) is 11.8. The van der Waals surface area contributed by atoms with Gasteiger partial charge in [-0.15, -0.1) is 5.10 Å². The van der Waals surface area contributed by atoms with Gasteiger partial charge in [-0.1, -0.05) is 5.21 Å². The molecule has 1 aromatic rings. The Morgan fingerprint density at radius 1 is 1.58 bits per heavy atom. The van der Waals surface area contributed by atoms with E-state index in [0.717, 1.165) is 44.9 Å². The van der Waals surface area contributed by atoms with Gasteiger partial charge in [0.1, 0.15) is 5.69 Å². The van der Waals surface area contributed by atoms with Crippen molar-refractivity contribution in [3.8, 4) is 0 Å². The van der Waals surface area contributed by atoms with Crippen molar-refractivity contribution < 1.29 is 4.74 Å². The summed E-state index contributed by atoms with van der Waals surface area (Å²) in [6.07, 6.45) is 4.68. The van der Waals surface area contributed by atoms with Crippen molar-refractivity contribution in [2.75, 3.05) is 33.3 Å². The first-order chi connectivity index (χ1) is 9.18. The lowest BCUT2D eigenvalue weighted by atomic mass is 9.96.